The normalized spacial score (nSPS) is 18.6. The van der Waals surface area contributed by atoms with Crippen LogP contribution in [0.4, 0.5) is 17.2 Å². The van der Waals surface area contributed by atoms with Gasteiger partial charge in [0.15, 0.2) is 17.3 Å². The first-order chi connectivity index (χ1) is 15.8. The third kappa shape index (κ3) is 2.76. The Morgan fingerprint density at radius 2 is 1.72 bits per heavy atom. The average molecular weight is 426 g/mol. The Kier molecular flexibility index (Phi) is 3.89. The fourth-order valence-corrected chi connectivity index (χ4v) is 5.53. The van der Waals surface area contributed by atoms with E-state index in [2.05, 4.69) is 56.4 Å². The summed E-state index contributed by atoms with van der Waals surface area (Å²) in [6, 6.07) is 12.8. The van der Waals surface area contributed by atoms with Gasteiger partial charge in [-0.15, -0.1) is 15.3 Å². The summed E-state index contributed by atoms with van der Waals surface area (Å²) in [6.45, 7) is 4.05. The van der Waals surface area contributed by atoms with Gasteiger partial charge in [-0.1, -0.05) is 24.3 Å². The summed E-state index contributed by atoms with van der Waals surface area (Å²) in [5, 5.41) is 16.4. The molecule has 0 bridgehead atoms. The number of fused-ring (bicyclic) bond motifs is 4. The summed E-state index contributed by atoms with van der Waals surface area (Å²) in [4.78, 5) is 4.93. The van der Waals surface area contributed by atoms with Gasteiger partial charge in [-0.25, -0.2) is 0 Å². The highest BCUT2D eigenvalue weighted by atomic mass is 15.4. The Hall–Kier alpha value is -3.35. The van der Waals surface area contributed by atoms with Crippen molar-refractivity contribution in [1.82, 2.24) is 19.8 Å². The molecule has 7 rings (SSSR count). The summed E-state index contributed by atoms with van der Waals surface area (Å²) in [7, 11) is 0. The van der Waals surface area contributed by atoms with Crippen LogP contribution >= 0.6 is 0 Å². The molecule has 3 aliphatic rings. The molecule has 0 amide bonds. The summed E-state index contributed by atoms with van der Waals surface area (Å²) in [5.41, 5.74) is 12.2. The highest BCUT2D eigenvalue weighted by Gasteiger charge is 2.31. The molecule has 0 unspecified atom stereocenters. The fourth-order valence-electron chi connectivity index (χ4n) is 5.53. The van der Waals surface area contributed by atoms with E-state index < -0.39 is 0 Å². The lowest BCUT2D eigenvalue weighted by Gasteiger charge is -2.33. The molecule has 1 aliphatic carbocycles. The maximum atomic E-state index is 6.36. The maximum absolute atomic E-state index is 6.36. The summed E-state index contributed by atoms with van der Waals surface area (Å²) >= 11 is 0. The molecule has 162 valence electrons. The molecular formula is C25H27N7. The summed E-state index contributed by atoms with van der Waals surface area (Å²) < 4.78 is 2.00. The molecule has 1 saturated carbocycles. The van der Waals surface area contributed by atoms with E-state index in [4.69, 9.17) is 10.8 Å². The summed E-state index contributed by atoms with van der Waals surface area (Å²) in [6.07, 6.45) is 5.91. The molecule has 32 heavy (non-hydrogen) atoms. The van der Waals surface area contributed by atoms with Crippen LogP contribution < -0.4 is 15.5 Å². The van der Waals surface area contributed by atoms with Crippen molar-refractivity contribution in [2.75, 3.05) is 35.2 Å². The molecule has 2 N–H and O–H groups in total. The van der Waals surface area contributed by atoms with Gasteiger partial charge in [0.05, 0.1) is 0 Å². The third-order valence-electron chi connectivity index (χ3n) is 7.29. The van der Waals surface area contributed by atoms with Gasteiger partial charge in [0.25, 0.3) is 0 Å². The predicted molar refractivity (Wildman–Crippen MR) is 127 cm³/mol. The molecule has 4 heterocycles. The van der Waals surface area contributed by atoms with Gasteiger partial charge < -0.3 is 15.5 Å². The highest BCUT2D eigenvalue weighted by Crippen LogP contribution is 2.41. The number of hydrogen-bond donors (Lipinski definition) is 1. The second-order valence-corrected chi connectivity index (χ2v) is 9.48. The minimum absolute atomic E-state index is 0.497. The second kappa shape index (κ2) is 6.82. The van der Waals surface area contributed by atoms with Crippen LogP contribution in [0.3, 0.4) is 0 Å². The van der Waals surface area contributed by atoms with Crippen molar-refractivity contribution in [3.05, 3.63) is 53.3 Å². The first kappa shape index (κ1) is 18.2. The second-order valence-electron chi connectivity index (χ2n) is 9.48. The standard InChI is InChI=1S/C25H27N7/c26-18-13-17-15-31(12-9-19(17)22(14-18)30-10-3-4-11-30)25-21-6-2-1-5-20(21)24-28-27-23(16-7-8-16)32(24)29-25/h1-2,5-6,13-14,16H,3-4,7-12,15,26H2. The number of nitrogens with zero attached hydrogens (tertiary/aromatic N) is 6. The molecule has 2 aromatic carbocycles. The maximum Gasteiger partial charge on any atom is 0.185 e. The van der Waals surface area contributed by atoms with E-state index in [-0.39, 0.29) is 0 Å². The highest BCUT2D eigenvalue weighted by molar-refractivity contribution is 6.00. The Labute approximate surface area is 186 Å². The lowest BCUT2D eigenvalue weighted by molar-refractivity contribution is 0.703. The van der Waals surface area contributed by atoms with Gasteiger partial charge in [-0.2, -0.15) is 4.52 Å². The molecule has 7 nitrogen and oxygen atoms in total. The van der Waals surface area contributed by atoms with Gasteiger partial charge in [0, 0.05) is 54.2 Å². The SMILES string of the molecule is Nc1cc2c(c(N3CCCC3)c1)CCN(c1nn3c(C4CC4)nnc3c3ccccc13)C2. The fraction of sp³-hybridized carbons (Fsp3) is 0.400. The first-order valence-corrected chi connectivity index (χ1v) is 11.8. The number of anilines is 3. The molecular weight excluding hydrogens is 398 g/mol. The third-order valence-corrected chi connectivity index (χ3v) is 7.29. The zero-order valence-electron chi connectivity index (χ0n) is 18.2. The Bertz CT molecular complexity index is 1350. The lowest BCUT2D eigenvalue weighted by atomic mass is 9.96. The average Bonchev–Trinajstić information content (AvgIpc) is 3.33. The van der Waals surface area contributed by atoms with E-state index in [1.54, 1.807) is 0 Å². The van der Waals surface area contributed by atoms with Crippen LogP contribution in [0.15, 0.2) is 36.4 Å². The van der Waals surface area contributed by atoms with E-state index in [1.807, 2.05) is 4.52 Å². The minimum Gasteiger partial charge on any atom is -0.399 e. The van der Waals surface area contributed by atoms with Gasteiger partial charge in [0.1, 0.15) is 0 Å². The van der Waals surface area contributed by atoms with E-state index in [9.17, 15) is 0 Å². The topological polar surface area (TPSA) is 75.6 Å². The van der Waals surface area contributed by atoms with Crippen LogP contribution in [-0.4, -0.2) is 39.4 Å². The smallest absolute Gasteiger partial charge is 0.185 e. The van der Waals surface area contributed by atoms with E-state index >= 15 is 0 Å². The molecule has 1 saturated heterocycles. The molecule has 0 atom stereocenters. The number of benzene rings is 2. The van der Waals surface area contributed by atoms with Crippen molar-refractivity contribution in [2.45, 2.75) is 44.6 Å². The lowest BCUT2D eigenvalue weighted by Crippen LogP contribution is -2.33. The molecule has 2 fully saturated rings. The van der Waals surface area contributed by atoms with Crippen LogP contribution in [0.1, 0.15) is 48.6 Å². The zero-order chi connectivity index (χ0) is 21.2. The molecule has 2 aromatic heterocycles. The van der Waals surface area contributed by atoms with Crippen molar-refractivity contribution in [1.29, 1.82) is 0 Å². The summed E-state index contributed by atoms with van der Waals surface area (Å²) in [5.74, 6) is 2.52. The Morgan fingerprint density at radius 1 is 0.906 bits per heavy atom. The monoisotopic (exact) mass is 425 g/mol. The van der Waals surface area contributed by atoms with Crippen molar-refractivity contribution in [3.8, 4) is 0 Å². The number of aromatic nitrogens is 4. The quantitative estimate of drug-likeness (QED) is 0.502. The number of hydrogen-bond acceptors (Lipinski definition) is 6. The van der Waals surface area contributed by atoms with Crippen LogP contribution in [0.25, 0.3) is 16.4 Å². The van der Waals surface area contributed by atoms with E-state index in [0.29, 0.717) is 5.92 Å². The number of nitrogen functional groups attached to an aromatic ring is 1. The van der Waals surface area contributed by atoms with E-state index in [1.165, 1.54) is 42.5 Å². The zero-order valence-corrected chi connectivity index (χ0v) is 18.2. The van der Waals surface area contributed by atoms with Gasteiger partial charge in [-0.05, 0) is 55.4 Å². The molecule has 0 spiro atoms. The molecule has 2 aliphatic heterocycles. The number of nitrogens with two attached hydrogens (primary N) is 1. The predicted octanol–water partition coefficient (Wildman–Crippen LogP) is 3.90. The van der Waals surface area contributed by atoms with E-state index in [0.717, 1.165) is 66.3 Å². The minimum atomic E-state index is 0.497. The van der Waals surface area contributed by atoms with Crippen molar-refractivity contribution < 1.29 is 0 Å². The molecule has 0 radical (unpaired) electrons. The van der Waals surface area contributed by atoms with Gasteiger partial charge in [0.2, 0.25) is 0 Å². The molecule has 4 aromatic rings. The number of rotatable bonds is 3. The van der Waals surface area contributed by atoms with Crippen LogP contribution in [-0.2, 0) is 13.0 Å². The van der Waals surface area contributed by atoms with Crippen LogP contribution in [0.5, 0.6) is 0 Å². The molecule has 7 heteroatoms. The van der Waals surface area contributed by atoms with Gasteiger partial charge in [-0.3, -0.25) is 0 Å². The van der Waals surface area contributed by atoms with Gasteiger partial charge >= 0.3 is 0 Å². The Morgan fingerprint density at radius 3 is 2.53 bits per heavy atom. The van der Waals surface area contributed by atoms with Crippen LogP contribution in [0.2, 0.25) is 0 Å². The largest absolute Gasteiger partial charge is 0.399 e. The first-order valence-electron chi connectivity index (χ1n) is 11.8. The van der Waals surface area contributed by atoms with Crippen LogP contribution in [0, 0.1) is 0 Å². The van der Waals surface area contributed by atoms with Crippen molar-refractivity contribution in [3.63, 3.8) is 0 Å². The Balaban J connectivity index is 1.35. The van der Waals surface area contributed by atoms with Crippen molar-refractivity contribution in [2.24, 2.45) is 0 Å². The van der Waals surface area contributed by atoms with Crippen molar-refractivity contribution >= 4 is 33.6 Å².